The molecule has 3 heteroatoms. The van der Waals surface area contributed by atoms with Gasteiger partial charge in [-0.2, -0.15) is 5.92 Å². The van der Waals surface area contributed by atoms with Gasteiger partial charge >= 0.3 is 0 Å². The maximum absolute atomic E-state index is 6.42. The third-order valence-electron chi connectivity index (χ3n) is 8.77. The molecule has 1 radical (unpaired) electrons. The van der Waals surface area contributed by atoms with Crippen molar-refractivity contribution in [3.05, 3.63) is 108 Å². The fourth-order valence-electron chi connectivity index (χ4n) is 6.78. The van der Waals surface area contributed by atoms with Gasteiger partial charge in [0.2, 0.25) is 0 Å². The molecule has 1 aromatic heterocycles. The van der Waals surface area contributed by atoms with Crippen molar-refractivity contribution in [2.75, 3.05) is 0 Å². The normalized spacial score (nSPS) is 22.8. The number of aryl methyl sites for hydroxylation is 1. The number of hydrogen-bond acceptors (Lipinski definition) is 1. The summed E-state index contributed by atoms with van der Waals surface area (Å²) in [6.45, 7) is 0. The Balaban J connectivity index is 0.00000264. The molecule has 4 aromatic rings. The van der Waals surface area contributed by atoms with Gasteiger partial charge in [-0.3, -0.25) is 0 Å². The van der Waals surface area contributed by atoms with E-state index in [0.717, 1.165) is 19.3 Å². The van der Waals surface area contributed by atoms with Crippen LogP contribution < -0.4 is 5.73 Å². The quantitative estimate of drug-likeness (QED) is 0.205. The van der Waals surface area contributed by atoms with Gasteiger partial charge in [-0.25, -0.2) is 0 Å². The molecule has 2 N–H and O–H groups in total. The number of rotatable bonds is 4. The van der Waals surface area contributed by atoms with Crippen molar-refractivity contribution < 1.29 is 17.1 Å². The molecule has 0 aliphatic heterocycles. The van der Waals surface area contributed by atoms with Crippen molar-refractivity contribution in [2.45, 2.75) is 51.0 Å². The SMILES string of the molecule is NC1CCCCC1[CH-]C1C=CC(c2ccc3c(c2)c2ccc4c(c2n3-c2ccccc2)C=CCC4)=CC1.[Mn]. The molecular formula is C35H35MnN2-. The van der Waals surface area contributed by atoms with Gasteiger partial charge in [0.1, 0.15) is 0 Å². The average Bonchev–Trinajstić information content (AvgIpc) is 3.29. The summed E-state index contributed by atoms with van der Waals surface area (Å²) in [7, 11) is 0. The molecule has 0 amide bonds. The van der Waals surface area contributed by atoms with Gasteiger partial charge < -0.3 is 16.7 Å². The zero-order valence-electron chi connectivity index (χ0n) is 21.8. The van der Waals surface area contributed by atoms with E-state index in [0.29, 0.717) is 17.9 Å². The number of para-hydroxylation sites is 1. The van der Waals surface area contributed by atoms with E-state index in [2.05, 4.69) is 102 Å². The molecule has 1 fully saturated rings. The van der Waals surface area contributed by atoms with Gasteiger partial charge in [-0.15, -0.1) is 12.0 Å². The largest absolute Gasteiger partial charge is 0.330 e. The predicted molar refractivity (Wildman–Crippen MR) is 158 cm³/mol. The molecule has 3 aromatic carbocycles. The molecule has 193 valence electrons. The van der Waals surface area contributed by atoms with Crippen molar-refractivity contribution >= 4 is 33.5 Å². The zero-order chi connectivity index (χ0) is 24.8. The molecule has 3 unspecified atom stereocenters. The number of fused-ring (bicyclic) bond motifs is 5. The molecule has 3 aliphatic rings. The van der Waals surface area contributed by atoms with E-state index < -0.39 is 0 Å². The van der Waals surface area contributed by atoms with Crippen molar-refractivity contribution in [3.63, 3.8) is 0 Å². The Morgan fingerprint density at radius 3 is 2.58 bits per heavy atom. The van der Waals surface area contributed by atoms with Crippen LogP contribution in [0, 0.1) is 18.3 Å². The van der Waals surface area contributed by atoms with Gasteiger partial charge in [-0.05, 0) is 66.3 Å². The van der Waals surface area contributed by atoms with Crippen LogP contribution in [-0.2, 0) is 23.5 Å². The molecule has 1 heterocycles. The predicted octanol–water partition coefficient (Wildman–Crippen LogP) is 8.42. The van der Waals surface area contributed by atoms with Gasteiger partial charge in [0.05, 0.1) is 11.0 Å². The van der Waals surface area contributed by atoms with Gasteiger partial charge in [-0.1, -0.05) is 86.4 Å². The fraction of sp³-hybridized carbons (Fsp3) is 0.286. The van der Waals surface area contributed by atoms with Gasteiger partial charge in [0.15, 0.2) is 0 Å². The number of nitrogens with zero attached hydrogens (tertiary/aromatic N) is 1. The Kier molecular flexibility index (Phi) is 7.18. The standard InChI is InChI=1S/C35H35N2.Mn/c36-33-13-7-5-9-28(33)22-24-14-16-25(17-15-24)27-19-21-34-32(23-27)31-20-18-26-8-4-6-12-30(26)35(31)37(34)29-10-2-1-3-11-29;/h1-3,6,10-12,14,16-24,28,33H,4-5,7-9,13,15,36H2;/q-1;. The van der Waals surface area contributed by atoms with Crippen LogP contribution in [0.1, 0.15) is 55.2 Å². The number of hydrogen-bond donors (Lipinski definition) is 1. The molecule has 3 aliphatic carbocycles. The number of benzene rings is 3. The number of allylic oxidation sites excluding steroid dienone is 5. The second-order valence-electron chi connectivity index (χ2n) is 11.1. The molecule has 38 heavy (non-hydrogen) atoms. The summed E-state index contributed by atoms with van der Waals surface area (Å²) < 4.78 is 2.46. The summed E-state index contributed by atoms with van der Waals surface area (Å²) in [5, 5.41) is 2.66. The van der Waals surface area contributed by atoms with Crippen molar-refractivity contribution in [2.24, 2.45) is 17.6 Å². The summed E-state index contributed by atoms with van der Waals surface area (Å²) in [6, 6.07) is 22.9. The maximum Gasteiger partial charge on any atom is 0.0616 e. The summed E-state index contributed by atoms with van der Waals surface area (Å²) in [4.78, 5) is 0. The van der Waals surface area contributed by atoms with E-state index in [1.165, 1.54) is 75.4 Å². The molecule has 7 rings (SSSR count). The van der Waals surface area contributed by atoms with Gasteiger partial charge in [0, 0.05) is 39.1 Å². The minimum Gasteiger partial charge on any atom is -0.330 e. The smallest absolute Gasteiger partial charge is 0.0616 e. The molecule has 1 saturated carbocycles. The van der Waals surface area contributed by atoms with E-state index in [-0.39, 0.29) is 17.1 Å². The third-order valence-corrected chi connectivity index (χ3v) is 8.77. The molecule has 0 saturated heterocycles. The number of nitrogens with two attached hydrogens (primary N) is 1. The van der Waals surface area contributed by atoms with Crippen LogP contribution in [0.15, 0.2) is 85.0 Å². The summed E-state index contributed by atoms with van der Waals surface area (Å²) in [6.07, 6.45) is 22.7. The average molecular weight is 539 g/mol. The first-order valence-corrected chi connectivity index (χ1v) is 14.1. The van der Waals surface area contributed by atoms with Crippen LogP contribution in [0.25, 0.3) is 39.1 Å². The van der Waals surface area contributed by atoms with Crippen LogP contribution in [0.3, 0.4) is 0 Å². The molecule has 3 atom stereocenters. The second kappa shape index (κ2) is 10.7. The van der Waals surface area contributed by atoms with Crippen molar-refractivity contribution in [1.29, 1.82) is 0 Å². The monoisotopic (exact) mass is 538 g/mol. The van der Waals surface area contributed by atoms with Crippen LogP contribution in [0.2, 0.25) is 0 Å². The Labute approximate surface area is 236 Å². The summed E-state index contributed by atoms with van der Waals surface area (Å²) in [5.74, 6) is 1.07. The van der Waals surface area contributed by atoms with Crippen molar-refractivity contribution in [3.8, 4) is 5.69 Å². The second-order valence-corrected chi connectivity index (χ2v) is 11.1. The van der Waals surface area contributed by atoms with E-state index in [1.807, 2.05) is 0 Å². The van der Waals surface area contributed by atoms with Crippen LogP contribution >= 0.6 is 0 Å². The van der Waals surface area contributed by atoms with E-state index in [1.54, 1.807) is 0 Å². The first-order chi connectivity index (χ1) is 18.3. The third kappa shape index (κ3) is 4.51. The minimum atomic E-state index is 0. The molecular weight excluding hydrogens is 503 g/mol. The maximum atomic E-state index is 6.42. The minimum absolute atomic E-state index is 0. The van der Waals surface area contributed by atoms with Crippen molar-refractivity contribution in [1.82, 2.24) is 4.57 Å². The van der Waals surface area contributed by atoms with E-state index in [9.17, 15) is 0 Å². The molecule has 2 nitrogen and oxygen atoms in total. The zero-order valence-corrected chi connectivity index (χ0v) is 23.0. The topological polar surface area (TPSA) is 30.9 Å². The number of aromatic nitrogens is 1. The summed E-state index contributed by atoms with van der Waals surface area (Å²) >= 11 is 0. The Bertz CT molecular complexity index is 1560. The first kappa shape index (κ1) is 25.4. The Morgan fingerprint density at radius 2 is 1.76 bits per heavy atom. The Hall–Kier alpha value is -2.84. The summed E-state index contributed by atoms with van der Waals surface area (Å²) in [5.41, 5.74) is 15.7. The van der Waals surface area contributed by atoms with Gasteiger partial charge in [0.25, 0.3) is 0 Å². The Morgan fingerprint density at radius 1 is 0.895 bits per heavy atom. The van der Waals surface area contributed by atoms with Crippen LogP contribution in [0.5, 0.6) is 0 Å². The fourth-order valence-corrected chi connectivity index (χ4v) is 6.78. The first-order valence-electron chi connectivity index (χ1n) is 14.1. The molecule has 0 spiro atoms. The van der Waals surface area contributed by atoms with Crippen LogP contribution in [-0.4, -0.2) is 10.6 Å². The van der Waals surface area contributed by atoms with E-state index in [4.69, 9.17) is 5.73 Å². The van der Waals surface area contributed by atoms with E-state index >= 15 is 0 Å². The van der Waals surface area contributed by atoms with Crippen LogP contribution in [0.4, 0.5) is 0 Å². The molecule has 0 bridgehead atoms.